The van der Waals surface area contributed by atoms with Crippen LogP contribution < -0.4 is 0 Å². The molecule has 0 radical (unpaired) electrons. The van der Waals surface area contributed by atoms with E-state index in [-0.39, 0.29) is 11.9 Å². The Labute approximate surface area is 162 Å². The maximum absolute atomic E-state index is 13.1. The van der Waals surface area contributed by atoms with E-state index in [9.17, 15) is 4.79 Å². The van der Waals surface area contributed by atoms with Crippen LogP contribution in [0.1, 0.15) is 46.9 Å². The van der Waals surface area contributed by atoms with Crippen LogP contribution in [0.5, 0.6) is 0 Å². The lowest BCUT2D eigenvalue weighted by molar-refractivity contribution is 0.0605. The number of nitrogens with zero attached hydrogens (tertiary/aromatic N) is 5. The fourth-order valence-electron chi connectivity index (χ4n) is 3.52. The van der Waals surface area contributed by atoms with E-state index in [1.807, 2.05) is 47.5 Å². The van der Waals surface area contributed by atoms with E-state index in [0.29, 0.717) is 17.3 Å². The average Bonchev–Trinajstić information content (AvgIpc) is 3.18. The third-order valence-electron chi connectivity index (χ3n) is 4.88. The van der Waals surface area contributed by atoms with Crippen molar-refractivity contribution in [2.45, 2.75) is 31.8 Å². The van der Waals surface area contributed by atoms with Gasteiger partial charge in [0.15, 0.2) is 5.69 Å². The second kappa shape index (κ2) is 7.88. The molecule has 6 nitrogen and oxygen atoms in total. The second-order valence-electron chi connectivity index (χ2n) is 6.69. The van der Waals surface area contributed by atoms with Gasteiger partial charge in [-0.15, -0.1) is 5.10 Å². The van der Waals surface area contributed by atoms with E-state index in [2.05, 4.69) is 15.3 Å². The summed E-state index contributed by atoms with van der Waals surface area (Å²) in [5, 5.41) is 8.90. The van der Waals surface area contributed by atoms with Crippen molar-refractivity contribution in [1.82, 2.24) is 24.9 Å². The first kappa shape index (κ1) is 17.7. The van der Waals surface area contributed by atoms with Crippen molar-refractivity contribution >= 4 is 17.5 Å². The van der Waals surface area contributed by atoms with Crippen LogP contribution >= 0.6 is 11.6 Å². The van der Waals surface area contributed by atoms with Crippen LogP contribution in [0.25, 0.3) is 0 Å². The Kier molecular flexibility index (Phi) is 5.16. The van der Waals surface area contributed by atoms with Gasteiger partial charge in [0, 0.05) is 24.0 Å². The molecule has 0 spiro atoms. The molecule has 27 heavy (non-hydrogen) atoms. The molecule has 1 aliphatic rings. The molecule has 0 aliphatic carbocycles. The second-order valence-corrected chi connectivity index (χ2v) is 7.10. The number of hydrogen-bond donors (Lipinski definition) is 0. The van der Waals surface area contributed by atoms with Crippen molar-refractivity contribution in [3.05, 3.63) is 76.8 Å². The van der Waals surface area contributed by atoms with Gasteiger partial charge in [-0.1, -0.05) is 41.1 Å². The number of halogens is 1. The maximum atomic E-state index is 13.1. The molecule has 4 rings (SSSR count). The monoisotopic (exact) mass is 381 g/mol. The molecule has 1 amide bonds. The lowest BCUT2D eigenvalue weighted by Gasteiger charge is -2.35. The fraction of sp³-hybridized carbons (Fsp3) is 0.300. The molecule has 1 fully saturated rings. The predicted octanol–water partition coefficient (Wildman–Crippen LogP) is 3.74. The topological polar surface area (TPSA) is 63.9 Å². The minimum absolute atomic E-state index is 0.0358. The summed E-state index contributed by atoms with van der Waals surface area (Å²) in [6.45, 7) is 1.20. The van der Waals surface area contributed by atoms with Gasteiger partial charge in [0.05, 0.1) is 18.8 Å². The van der Waals surface area contributed by atoms with E-state index >= 15 is 0 Å². The molecule has 3 aromatic rings. The number of carbonyl (C=O) groups is 1. The highest BCUT2D eigenvalue weighted by atomic mass is 35.5. The number of rotatable bonds is 4. The minimum Gasteiger partial charge on any atom is -0.330 e. The van der Waals surface area contributed by atoms with E-state index in [1.165, 1.54) is 0 Å². The quantitative estimate of drug-likeness (QED) is 0.690. The van der Waals surface area contributed by atoms with Crippen LogP contribution in [0, 0.1) is 0 Å². The molecule has 138 valence electrons. The molecule has 0 N–H and O–H groups in total. The zero-order chi connectivity index (χ0) is 18.6. The van der Waals surface area contributed by atoms with Gasteiger partial charge < -0.3 is 4.90 Å². The number of hydrogen-bond acceptors (Lipinski definition) is 4. The van der Waals surface area contributed by atoms with Crippen LogP contribution in [-0.2, 0) is 6.54 Å². The molecule has 1 unspecified atom stereocenters. The SMILES string of the molecule is O=C(c1cn(Cc2ccccc2Cl)nn1)N1CCCCC1c1cccnc1. The van der Waals surface area contributed by atoms with E-state index in [0.717, 1.165) is 36.9 Å². The summed E-state index contributed by atoms with van der Waals surface area (Å²) >= 11 is 6.21. The first-order chi connectivity index (χ1) is 13.2. The smallest absolute Gasteiger partial charge is 0.276 e. The van der Waals surface area contributed by atoms with Crippen molar-refractivity contribution in [3.8, 4) is 0 Å². The van der Waals surface area contributed by atoms with Crippen molar-refractivity contribution in [1.29, 1.82) is 0 Å². The summed E-state index contributed by atoms with van der Waals surface area (Å²) in [5.41, 5.74) is 2.36. The zero-order valence-electron chi connectivity index (χ0n) is 14.8. The van der Waals surface area contributed by atoms with Gasteiger partial charge in [-0.3, -0.25) is 9.78 Å². The Morgan fingerprint density at radius 2 is 2.07 bits per heavy atom. The fourth-order valence-corrected chi connectivity index (χ4v) is 3.71. The van der Waals surface area contributed by atoms with Crippen molar-refractivity contribution in [2.75, 3.05) is 6.54 Å². The van der Waals surface area contributed by atoms with Crippen LogP contribution in [0.2, 0.25) is 5.02 Å². The van der Waals surface area contributed by atoms with Crippen LogP contribution in [0.3, 0.4) is 0 Å². The van der Waals surface area contributed by atoms with Crippen LogP contribution in [-0.4, -0.2) is 37.3 Å². The maximum Gasteiger partial charge on any atom is 0.276 e. The Morgan fingerprint density at radius 1 is 1.19 bits per heavy atom. The summed E-state index contributed by atoms with van der Waals surface area (Å²) in [4.78, 5) is 19.2. The molecular formula is C20H20ClN5O. The third-order valence-corrected chi connectivity index (χ3v) is 5.25. The Morgan fingerprint density at radius 3 is 2.89 bits per heavy atom. The number of amides is 1. The number of pyridine rings is 1. The summed E-state index contributed by atoms with van der Waals surface area (Å²) in [7, 11) is 0. The standard InChI is InChI=1S/C20H20ClN5O/c21-17-8-2-1-6-16(17)13-25-14-18(23-24-25)20(27)26-11-4-3-9-19(26)15-7-5-10-22-12-15/h1-2,5-8,10,12,14,19H,3-4,9,11,13H2. The molecule has 1 saturated heterocycles. The van der Waals surface area contributed by atoms with Crippen molar-refractivity contribution < 1.29 is 4.79 Å². The van der Waals surface area contributed by atoms with Gasteiger partial charge in [-0.05, 0) is 42.5 Å². The average molecular weight is 382 g/mol. The number of carbonyl (C=O) groups excluding carboxylic acids is 1. The normalized spacial score (nSPS) is 17.1. The highest BCUT2D eigenvalue weighted by molar-refractivity contribution is 6.31. The summed E-state index contributed by atoms with van der Waals surface area (Å²) in [5.74, 6) is -0.0889. The molecule has 7 heteroatoms. The molecular weight excluding hydrogens is 362 g/mol. The van der Waals surface area contributed by atoms with Gasteiger partial charge in [0.25, 0.3) is 5.91 Å². The largest absolute Gasteiger partial charge is 0.330 e. The number of likely N-dealkylation sites (tertiary alicyclic amines) is 1. The number of piperidine rings is 1. The van der Waals surface area contributed by atoms with Gasteiger partial charge >= 0.3 is 0 Å². The lowest BCUT2D eigenvalue weighted by Crippen LogP contribution is -2.38. The van der Waals surface area contributed by atoms with E-state index in [1.54, 1.807) is 17.1 Å². The minimum atomic E-state index is -0.0889. The predicted molar refractivity (Wildman–Crippen MR) is 102 cm³/mol. The molecule has 2 aromatic heterocycles. The summed E-state index contributed by atoms with van der Waals surface area (Å²) in [6.07, 6.45) is 8.31. The Balaban J connectivity index is 1.53. The molecule has 1 aromatic carbocycles. The molecule has 3 heterocycles. The van der Waals surface area contributed by atoms with Gasteiger partial charge in [-0.25, -0.2) is 4.68 Å². The molecule has 1 aliphatic heterocycles. The van der Waals surface area contributed by atoms with Gasteiger partial charge in [0.2, 0.25) is 0 Å². The van der Waals surface area contributed by atoms with E-state index < -0.39 is 0 Å². The van der Waals surface area contributed by atoms with Gasteiger partial charge in [0.1, 0.15) is 0 Å². The zero-order valence-corrected chi connectivity index (χ0v) is 15.6. The first-order valence-electron chi connectivity index (χ1n) is 9.07. The summed E-state index contributed by atoms with van der Waals surface area (Å²) in [6, 6.07) is 11.6. The van der Waals surface area contributed by atoms with E-state index in [4.69, 9.17) is 11.6 Å². The van der Waals surface area contributed by atoms with Crippen molar-refractivity contribution in [3.63, 3.8) is 0 Å². The molecule has 0 saturated carbocycles. The molecule has 1 atom stereocenters. The van der Waals surface area contributed by atoms with Crippen LogP contribution in [0.15, 0.2) is 55.0 Å². The van der Waals surface area contributed by atoms with Gasteiger partial charge in [-0.2, -0.15) is 0 Å². The lowest BCUT2D eigenvalue weighted by atomic mass is 9.96. The third kappa shape index (κ3) is 3.85. The molecule has 0 bridgehead atoms. The Bertz CT molecular complexity index is 927. The summed E-state index contributed by atoms with van der Waals surface area (Å²) < 4.78 is 1.65. The van der Waals surface area contributed by atoms with Crippen LogP contribution in [0.4, 0.5) is 0 Å². The first-order valence-corrected chi connectivity index (χ1v) is 9.44. The number of benzene rings is 1. The Hall–Kier alpha value is -2.73. The highest BCUT2D eigenvalue weighted by Crippen LogP contribution is 2.31. The van der Waals surface area contributed by atoms with Crippen molar-refractivity contribution in [2.24, 2.45) is 0 Å². The number of aromatic nitrogens is 4. The highest BCUT2D eigenvalue weighted by Gasteiger charge is 2.30.